The molecule has 2 aromatic rings. The van der Waals surface area contributed by atoms with Gasteiger partial charge in [-0.15, -0.1) is 0 Å². The van der Waals surface area contributed by atoms with Crippen LogP contribution in [0.4, 0.5) is 5.69 Å². The number of benzene rings is 1. The van der Waals surface area contributed by atoms with Gasteiger partial charge in [0.1, 0.15) is 0 Å². The lowest BCUT2D eigenvalue weighted by Crippen LogP contribution is -2.08. The van der Waals surface area contributed by atoms with E-state index in [0.29, 0.717) is 5.58 Å². The maximum absolute atomic E-state index is 11.3. The minimum atomic E-state index is -0.322. The summed E-state index contributed by atoms with van der Waals surface area (Å²) in [5.41, 5.74) is 3.64. The molecular weight excluding hydrogens is 307 g/mol. The minimum absolute atomic E-state index is 0.322. The van der Waals surface area contributed by atoms with Crippen LogP contribution >= 0.6 is 22.9 Å². The summed E-state index contributed by atoms with van der Waals surface area (Å²) in [4.78, 5) is 11.3. The van der Waals surface area contributed by atoms with Crippen molar-refractivity contribution in [3.63, 3.8) is 0 Å². The number of hydrogen-bond donors (Lipinski definition) is 0. The molecule has 4 nitrogen and oxygen atoms in total. The Balaban J connectivity index is 2.82. The third-order valence-corrected chi connectivity index (χ3v) is 2.96. The van der Waals surface area contributed by atoms with Crippen LogP contribution in [-0.4, -0.2) is 11.6 Å². The second-order valence-corrected chi connectivity index (χ2v) is 4.96. The van der Waals surface area contributed by atoms with Crippen LogP contribution in [0.5, 0.6) is 0 Å². The standard InChI is InChI=1S/C10H11IN2O2/c1-6-4-8-9(5-7(6)13(3)11)15-10(14)12(8)2/h4-5H,1-3H3. The lowest BCUT2D eigenvalue weighted by atomic mass is 10.2. The molecule has 0 spiro atoms. The molecule has 0 bridgehead atoms. The Morgan fingerprint density at radius 3 is 2.73 bits per heavy atom. The Morgan fingerprint density at radius 2 is 2.13 bits per heavy atom. The fourth-order valence-corrected chi connectivity index (χ4v) is 2.12. The summed E-state index contributed by atoms with van der Waals surface area (Å²) in [7, 11) is 3.66. The first kappa shape index (κ1) is 10.5. The van der Waals surface area contributed by atoms with Crippen molar-refractivity contribution < 1.29 is 4.42 Å². The molecule has 0 amide bonds. The van der Waals surface area contributed by atoms with Crippen molar-refractivity contribution in [1.29, 1.82) is 0 Å². The summed E-state index contributed by atoms with van der Waals surface area (Å²) >= 11 is 2.19. The molecule has 15 heavy (non-hydrogen) atoms. The van der Waals surface area contributed by atoms with Crippen molar-refractivity contribution in [2.75, 3.05) is 10.2 Å². The van der Waals surface area contributed by atoms with Gasteiger partial charge in [-0.2, -0.15) is 0 Å². The largest absolute Gasteiger partial charge is 0.419 e. The summed E-state index contributed by atoms with van der Waals surface area (Å²) in [6.45, 7) is 2.02. The maximum atomic E-state index is 11.3. The molecule has 0 unspecified atom stereocenters. The van der Waals surface area contributed by atoms with Crippen LogP contribution < -0.4 is 8.87 Å². The van der Waals surface area contributed by atoms with Crippen LogP contribution in [0, 0.1) is 6.92 Å². The van der Waals surface area contributed by atoms with Crippen molar-refractivity contribution in [2.24, 2.45) is 7.05 Å². The van der Waals surface area contributed by atoms with Gasteiger partial charge in [0.05, 0.1) is 34.1 Å². The zero-order valence-corrected chi connectivity index (χ0v) is 10.9. The number of aryl methyl sites for hydroxylation is 2. The summed E-state index contributed by atoms with van der Waals surface area (Å²) in [5, 5.41) is 0. The highest BCUT2D eigenvalue weighted by Gasteiger charge is 2.10. The van der Waals surface area contributed by atoms with E-state index in [-0.39, 0.29) is 5.76 Å². The normalized spacial score (nSPS) is 10.9. The Labute approximate surface area is 101 Å². The molecule has 0 radical (unpaired) electrons. The molecular formula is C10H11IN2O2. The molecule has 80 valence electrons. The highest BCUT2D eigenvalue weighted by molar-refractivity contribution is 14.1. The van der Waals surface area contributed by atoms with Crippen LogP contribution in [-0.2, 0) is 7.05 Å². The van der Waals surface area contributed by atoms with Crippen molar-refractivity contribution in [2.45, 2.75) is 6.92 Å². The van der Waals surface area contributed by atoms with Gasteiger partial charge >= 0.3 is 5.76 Å². The number of fused-ring (bicyclic) bond motifs is 1. The van der Waals surface area contributed by atoms with E-state index in [9.17, 15) is 4.79 Å². The fourth-order valence-electron chi connectivity index (χ4n) is 1.60. The van der Waals surface area contributed by atoms with E-state index in [0.717, 1.165) is 16.8 Å². The number of oxazole rings is 1. The highest BCUT2D eigenvalue weighted by atomic mass is 127. The highest BCUT2D eigenvalue weighted by Crippen LogP contribution is 2.26. The maximum Gasteiger partial charge on any atom is 0.419 e. The van der Waals surface area contributed by atoms with Gasteiger partial charge in [-0.05, 0) is 18.6 Å². The quantitative estimate of drug-likeness (QED) is 0.598. The zero-order valence-electron chi connectivity index (χ0n) is 8.74. The van der Waals surface area contributed by atoms with E-state index in [2.05, 4.69) is 22.9 Å². The van der Waals surface area contributed by atoms with Crippen LogP contribution in [0.25, 0.3) is 11.1 Å². The number of anilines is 1. The molecule has 0 aliphatic heterocycles. The molecule has 2 rings (SSSR count). The van der Waals surface area contributed by atoms with Gasteiger partial charge < -0.3 is 7.53 Å². The van der Waals surface area contributed by atoms with Gasteiger partial charge in [-0.1, -0.05) is 0 Å². The predicted molar refractivity (Wildman–Crippen MR) is 68.6 cm³/mol. The van der Waals surface area contributed by atoms with E-state index < -0.39 is 0 Å². The van der Waals surface area contributed by atoms with Gasteiger partial charge in [0.25, 0.3) is 0 Å². The molecule has 0 atom stereocenters. The molecule has 0 fully saturated rings. The smallest absolute Gasteiger partial charge is 0.408 e. The summed E-state index contributed by atoms with van der Waals surface area (Å²) in [6.07, 6.45) is 0. The van der Waals surface area contributed by atoms with Crippen LogP contribution in [0.15, 0.2) is 21.3 Å². The molecule has 0 aliphatic rings. The monoisotopic (exact) mass is 318 g/mol. The van der Waals surface area contributed by atoms with Crippen molar-refractivity contribution in [3.8, 4) is 0 Å². The first-order valence-electron chi connectivity index (χ1n) is 4.50. The second-order valence-electron chi connectivity index (χ2n) is 3.51. The van der Waals surface area contributed by atoms with Crippen LogP contribution in [0.3, 0.4) is 0 Å². The molecule has 1 aromatic carbocycles. The lowest BCUT2D eigenvalue weighted by molar-refractivity contribution is 0.528. The Morgan fingerprint density at radius 1 is 1.47 bits per heavy atom. The zero-order chi connectivity index (χ0) is 11.2. The predicted octanol–water partition coefficient (Wildman–Crippen LogP) is 2.23. The van der Waals surface area contributed by atoms with Gasteiger partial charge in [0.2, 0.25) is 0 Å². The summed E-state index contributed by atoms with van der Waals surface area (Å²) < 4.78 is 8.61. The van der Waals surface area contributed by atoms with Crippen molar-refractivity contribution >= 4 is 39.7 Å². The number of nitrogens with zero attached hydrogens (tertiary/aromatic N) is 2. The molecule has 0 aliphatic carbocycles. The minimum Gasteiger partial charge on any atom is -0.408 e. The number of rotatable bonds is 1. The average molecular weight is 318 g/mol. The van der Waals surface area contributed by atoms with E-state index in [1.54, 1.807) is 7.05 Å². The number of aromatic nitrogens is 1. The SMILES string of the molecule is Cc1cc2c(cc1N(C)I)oc(=O)n2C. The molecule has 5 heteroatoms. The molecule has 1 aromatic heterocycles. The summed E-state index contributed by atoms with van der Waals surface area (Å²) in [6, 6.07) is 3.85. The third-order valence-electron chi connectivity index (χ3n) is 2.44. The number of halogens is 1. The van der Waals surface area contributed by atoms with E-state index in [1.807, 2.05) is 29.2 Å². The van der Waals surface area contributed by atoms with E-state index in [1.165, 1.54) is 4.57 Å². The van der Waals surface area contributed by atoms with Gasteiger partial charge in [0, 0.05) is 20.2 Å². The molecule has 0 N–H and O–H groups in total. The molecule has 0 saturated carbocycles. The van der Waals surface area contributed by atoms with E-state index >= 15 is 0 Å². The Hall–Kier alpha value is -0.980. The number of hydrogen-bond acceptors (Lipinski definition) is 3. The van der Waals surface area contributed by atoms with Crippen molar-refractivity contribution in [3.05, 3.63) is 28.2 Å². The molecule has 1 heterocycles. The van der Waals surface area contributed by atoms with Gasteiger partial charge in [-0.3, -0.25) is 4.57 Å². The third kappa shape index (κ3) is 1.64. The lowest BCUT2D eigenvalue weighted by Gasteiger charge is -2.12. The van der Waals surface area contributed by atoms with E-state index in [4.69, 9.17) is 4.42 Å². The second kappa shape index (κ2) is 3.55. The fraction of sp³-hybridized carbons (Fsp3) is 0.300. The first-order valence-corrected chi connectivity index (χ1v) is 5.47. The first-order chi connectivity index (χ1) is 7.00. The van der Waals surface area contributed by atoms with Crippen LogP contribution in [0.1, 0.15) is 5.56 Å². The summed E-state index contributed by atoms with van der Waals surface area (Å²) in [5.74, 6) is -0.322. The molecule has 0 saturated heterocycles. The topological polar surface area (TPSA) is 38.4 Å². The van der Waals surface area contributed by atoms with Crippen molar-refractivity contribution in [1.82, 2.24) is 4.57 Å². The van der Waals surface area contributed by atoms with Gasteiger partial charge in [-0.25, -0.2) is 4.79 Å². The average Bonchev–Trinajstić information content (AvgIpc) is 2.43. The Kier molecular flexibility index (Phi) is 2.49. The Bertz CT molecular complexity index is 569. The van der Waals surface area contributed by atoms with Gasteiger partial charge in [0.15, 0.2) is 5.58 Å². The van der Waals surface area contributed by atoms with Crippen LogP contribution in [0.2, 0.25) is 0 Å².